The van der Waals surface area contributed by atoms with E-state index in [1.165, 1.54) is 31.2 Å². The van der Waals surface area contributed by atoms with Crippen molar-refractivity contribution in [3.8, 4) is 0 Å². The molecule has 3 rings (SSSR count). The van der Waals surface area contributed by atoms with Crippen LogP contribution < -0.4 is 5.32 Å². The first kappa shape index (κ1) is 14.8. The Morgan fingerprint density at radius 1 is 1.24 bits per heavy atom. The van der Waals surface area contributed by atoms with Gasteiger partial charge in [-0.2, -0.15) is 5.10 Å². The molecule has 1 N–H and O–H groups in total. The van der Waals surface area contributed by atoms with Crippen LogP contribution in [0.5, 0.6) is 0 Å². The Bertz CT molecular complexity index is 570. The summed E-state index contributed by atoms with van der Waals surface area (Å²) < 4.78 is 3.28. The summed E-state index contributed by atoms with van der Waals surface area (Å²) in [6, 6.07) is 11.6. The van der Waals surface area contributed by atoms with Crippen molar-refractivity contribution in [3.05, 3.63) is 52.3 Å². The number of hydrogen-bond donors (Lipinski definition) is 1. The summed E-state index contributed by atoms with van der Waals surface area (Å²) >= 11 is 3.47. The van der Waals surface area contributed by atoms with Crippen LogP contribution in [0.1, 0.15) is 55.9 Å². The van der Waals surface area contributed by atoms with Crippen LogP contribution >= 0.6 is 15.9 Å². The van der Waals surface area contributed by atoms with Crippen LogP contribution in [0, 0.1) is 0 Å². The zero-order chi connectivity index (χ0) is 14.7. The Balaban J connectivity index is 1.56. The average molecular weight is 348 g/mol. The third-order valence-corrected chi connectivity index (χ3v) is 4.85. The maximum atomic E-state index is 4.72. The zero-order valence-electron chi connectivity index (χ0n) is 12.4. The zero-order valence-corrected chi connectivity index (χ0v) is 14.0. The monoisotopic (exact) mass is 347 g/mol. The largest absolute Gasteiger partial charge is 0.304 e. The molecule has 4 heteroatoms. The van der Waals surface area contributed by atoms with E-state index in [-0.39, 0.29) is 0 Å². The fraction of sp³-hybridized carbons (Fsp3) is 0.471. The van der Waals surface area contributed by atoms with E-state index in [0.717, 1.165) is 16.7 Å². The van der Waals surface area contributed by atoms with Crippen LogP contribution in [0.25, 0.3) is 0 Å². The lowest BCUT2D eigenvalue weighted by Gasteiger charge is -2.13. The third-order valence-electron chi connectivity index (χ3n) is 4.32. The average Bonchev–Trinajstić information content (AvgIpc) is 3.16. The van der Waals surface area contributed by atoms with E-state index in [1.54, 1.807) is 0 Å². The Kier molecular flexibility index (Phi) is 4.76. The summed E-state index contributed by atoms with van der Waals surface area (Å²) in [7, 11) is 0. The molecule has 0 spiro atoms. The highest BCUT2D eigenvalue weighted by molar-refractivity contribution is 9.10. The number of benzene rings is 1. The number of rotatable bonds is 5. The quantitative estimate of drug-likeness (QED) is 0.855. The van der Waals surface area contributed by atoms with Gasteiger partial charge in [0.25, 0.3) is 0 Å². The first-order valence-electron chi connectivity index (χ1n) is 7.75. The molecule has 0 amide bonds. The predicted octanol–water partition coefficient (Wildman–Crippen LogP) is 4.61. The van der Waals surface area contributed by atoms with Crippen molar-refractivity contribution in [2.45, 2.75) is 51.2 Å². The van der Waals surface area contributed by atoms with E-state index >= 15 is 0 Å². The second kappa shape index (κ2) is 6.75. The van der Waals surface area contributed by atoms with Crippen molar-refractivity contribution in [2.75, 3.05) is 0 Å². The van der Waals surface area contributed by atoms with Crippen molar-refractivity contribution in [3.63, 3.8) is 0 Å². The molecule has 21 heavy (non-hydrogen) atoms. The first-order valence-corrected chi connectivity index (χ1v) is 8.54. The SMILES string of the molecule is C[C@H](NCc1ccn(C2CCCC2)n1)c1ccc(Br)cc1. The van der Waals surface area contributed by atoms with Crippen molar-refractivity contribution in [1.29, 1.82) is 0 Å². The predicted molar refractivity (Wildman–Crippen MR) is 89.1 cm³/mol. The molecule has 1 aliphatic carbocycles. The lowest BCUT2D eigenvalue weighted by atomic mass is 10.1. The van der Waals surface area contributed by atoms with E-state index in [9.17, 15) is 0 Å². The van der Waals surface area contributed by atoms with Gasteiger partial charge < -0.3 is 5.32 Å². The second-order valence-corrected chi connectivity index (χ2v) is 6.80. The minimum atomic E-state index is 0.328. The smallest absolute Gasteiger partial charge is 0.0762 e. The van der Waals surface area contributed by atoms with E-state index in [4.69, 9.17) is 5.10 Å². The summed E-state index contributed by atoms with van der Waals surface area (Å²) in [5.74, 6) is 0. The molecule has 1 heterocycles. The van der Waals surface area contributed by atoms with Crippen molar-refractivity contribution >= 4 is 15.9 Å². The van der Waals surface area contributed by atoms with Crippen molar-refractivity contribution < 1.29 is 0 Å². The van der Waals surface area contributed by atoms with Crippen LogP contribution in [0.15, 0.2) is 41.0 Å². The van der Waals surface area contributed by atoms with Gasteiger partial charge in [0.05, 0.1) is 11.7 Å². The molecule has 2 aromatic rings. The first-order chi connectivity index (χ1) is 10.2. The Morgan fingerprint density at radius 2 is 1.95 bits per heavy atom. The number of nitrogens with one attached hydrogen (secondary N) is 1. The van der Waals surface area contributed by atoms with E-state index < -0.39 is 0 Å². The fourth-order valence-electron chi connectivity index (χ4n) is 2.97. The van der Waals surface area contributed by atoms with Crippen LogP contribution in [-0.4, -0.2) is 9.78 Å². The lowest BCUT2D eigenvalue weighted by molar-refractivity contribution is 0.458. The molecule has 3 nitrogen and oxygen atoms in total. The van der Waals surface area contributed by atoms with Gasteiger partial charge >= 0.3 is 0 Å². The molecule has 1 atom stereocenters. The van der Waals surface area contributed by atoms with Crippen LogP contribution in [0.4, 0.5) is 0 Å². The van der Waals surface area contributed by atoms with Crippen LogP contribution in [0.2, 0.25) is 0 Å². The van der Waals surface area contributed by atoms with Crippen LogP contribution in [0.3, 0.4) is 0 Å². The molecule has 1 aromatic carbocycles. The molecule has 0 unspecified atom stereocenters. The van der Waals surface area contributed by atoms with Gasteiger partial charge in [-0.15, -0.1) is 0 Å². The lowest BCUT2D eigenvalue weighted by Crippen LogP contribution is -2.18. The standard InChI is InChI=1S/C17H22BrN3/c1-13(14-6-8-15(18)9-7-14)19-12-16-10-11-21(20-16)17-4-2-3-5-17/h6-11,13,17,19H,2-5,12H2,1H3/t13-/m0/s1. The summed E-state index contributed by atoms with van der Waals surface area (Å²) in [6.07, 6.45) is 7.39. The Labute approximate surface area is 134 Å². The Hall–Kier alpha value is -1.13. The van der Waals surface area contributed by atoms with Gasteiger partial charge in [-0.3, -0.25) is 4.68 Å². The maximum Gasteiger partial charge on any atom is 0.0762 e. The number of nitrogens with zero attached hydrogens (tertiary/aromatic N) is 2. The molecule has 112 valence electrons. The number of aromatic nitrogens is 2. The molecular weight excluding hydrogens is 326 g/mol. The molecule has 0 aliphatic heterocycles. The third kappa shape index (κ3) is 3.74. The minimum Gasteiger partial charge on any atom is -0.304 e. The molecule has 1 saturated carbocycles. The topological polar surface area (TPSA) is 29.9 Å². The molecule has 1 aromatic heterocycles. The highest BCUT2D eigenvalue weighted by Gasteiger charge is 2.17. The van der Waals surface area contributed by atoms with Gasteiger partial charge in [0.2, 0.25) is 0 Å². The van der Waals surface area contributed by atoms with Crippen molar-refractivity contribution in [1.82, 2.24) is 15.1 Å². The Morgan fingerprint density at radius 3 is 2.67 bits per heavy atom. The van der Waals surface area contributed by atoms with Gasteiger partial charge in [-0.25, -0.2) is 0 Å². The minimum absolute atomic E-state index is 0.328. The second-order valence-electron chi connectivity index (χ2n) is 5.88. The molecule has 1 fully saturated rings. The molecular formula is C17H22BrN3. The molecule has 0 bridgehead atoms. The normalized spacial score (nSPS) is 17.2. The highest BCUT2D eigenvalue weighted by Crippen LogP contribution is 2.28. The maximum absolute atomic E-state index is 4.72. The van der Waals surface area contributed by atoms with E-state index in [0.29, 0.717) is 12.1 Å². The summed E-state index contributed by atoms with van der Waals surface area (Å²) in [4.78, 5) is 0. The van der Waals surface area contributed by atoms with Gasteiger partial charge in [0.15, 0.2) is 0 Å². The molecule has 1 aliphatic rings. The van der Waals surface area contributed by atoms with Gasteiger partial charge in [-0.1, -0.05) is 40.9 Å². The summed E-state index contributed by atoms with van der Waals surface area (Å²) in [6.45, 7) is 3.01. The van der Waals surface area contributed by atoms with E-state index in [1.807, 2.05) is 0 Å². The van der Waals surface area contributed by atoms with Crippen molar-refractivity contribution in [2.24, 2.45) is 0 Å². The highest BCUT2D eigenvalue weighted by atomic mass is 79.9. The summed E-state index contributed by atoms with van der Waals surface area (Å²) in [5.41, 5.74) is 2.43. The van der Waals surface area contributed by atoms with Gasteiger partial charge in [0, 0.05) is 23.3 Å². The van der Waals surface area contributed by atoms with Gasteiger partial charge in [0.1, 0.15) is 0 Å². The van der Waals surface area contributed by atoms with Gasteiger partial charge in [-0.05, 0) is 43.5 Å². The fourth-order valence-corrected chi connectivity index (χ4v) is 3.24. The number of hydrogen-bond acceptors (Lipinski definition) is 2. The number of halogens is 1. The molecule has 0 saturated heterocycles. The summed E-state index contributed by atoms with van der Waals surface area (Å²) in [5, 5.41) is 8.27. The van der Waals surface area contributed by atoms with Crippen LogP contribution in [-0.2, 0) is 6.54 Å². The van der Waals surface area contributed by atoms with E-state index in [2.05, 4.69) is 69.4 Å². The molecule has 0 radical (unpaired) electrons.